The summed E-state index contributed by atoms with van der Waals surface area (Å²) in [4.78, 5) is 46.8. The Morgan fingerprint density at radius 3 is 2.27 bits per heavy atom. The highest BCUT2D eigenvalue weighted by atomic mass is 16.5. The topological polar surface area (TPSA) is 89.3 Å². The molecule has 5 aromatic rings. The summed E-state index contributed by atoms with van der Waals surface area (Å²) in [7, 11) is 3.14. The van der Waals surface area contributed by atoms with Crippen LogP contribution in [0.2, 0.25) is 0 Å². The number of benzene rings is 4. The number of amides is 2. The van der Waals surface area contributed by atoms with Crippen LogP contribution in [0.25, 0.3) is 11.0 Å². The Hall–Kier alpha value is -5.37. The molecule has 0 saturated heterocycles. The van der Waals surface area contributed by atoms with Gasteiger partial charge in [-0.1, -0.05) is 66.2 Å². The van der Waals surface area contributed by atoms with Crippen molar-refractivity contribution in [2.75, 3.05) is 25.7 Å². The molecule has 0 radical (unpaired) electrons. The van der Waals surface area contributed by atoms with Crippen LogP contribution in [0, 0.1) is 6.92 Å². The highest BCUT2D eigenvalue weighted by molar-refractivity contribution is 6.17. The number of aryl methyl sites for hydroxylation is 1. The van der Waals surface area contributed by atoms with Gasteiger partial charge in [-0.3, -0.25) is 14.4 Å². The van der Waals surface area contributed by atoms with E-state index >= 15 is 0 Å². The van der Waals surface area contributed by atoms with Crippen LogP contribution >= 0.6 is 0 Å². The SMILES string of the molecule is COc1ccc(CCN2C(=O)c3oc4ccccc4c(=O)c3C23C(=O)N(Cc2ccc(C)cc2)c2ccccc23)cc1OC. The molecule has 2 amide bonds. The highest BCUT2D eigenvalue weighted by Gasteiger charge is 2.64. The molecule has 7 rings (SSSR count). The molecule has 4 aromatic carbocycles. The van der Waals surface area contributed by atoms with Crippen molar-refractivity contribution in [2.24, 2.45) is 0 Å². The first kappa shape index (κ1) is 27.5. The lowest BCUT2D eigenvalue weighted by Crippen LogP contribution is -2.53. The predicted molar refractivity (Wildman–Crippen MR) is 166 cm³/mol. The van der Waals surface area contributed by atoms with Crippen molar-refractivity contribution in [3.8, 4) is 11.5 Å². The Balaban J connectivity index is 1.41. The van der Waals surface area contributed by atoms with Crippen molar-refractivity contribution in [3.63, 3.8) is 0 Å². The third-order valence-corrected chi connectivity index (χ3v) is 8.68. The Bertz CT molecular complexity index is 2010. The Labute approximate surface area is 254 Å². The van der Waals surface area contributed by atoms with E-state index < -0.39 is 11.4 Å². The van der Waals surface area contributed by atoms with Gasteiger partial charge in [0, 0.05) is 12.1 Å². The molecule has 2 aliphatic heterocycles. The number of carbonyl (C=O) groups is 2. The molecule has 8 heteroatoms. The summed E-state index contributed by atoms with van der Waals surface area (Å²) in [5, 5.41) is 0.322. The van der Waals surface area contributed by atoms with E-state index in [-0.39, 0.29) is 35.7 Å². The predicted octanol–water partition coefficient (Wildman–Crippen LogP) is 5.61. The van der Waals surface area contributed by atoms with Crippen molar-refractivity contribution in [3.05, 3.63) is 135 Å². The minimum atomic E-state index is -1.69. The number of nitrogens with zero attached hydrogens (tertiary/aromatic N) is 2. The summed E-state index contributed by atoms with van der Waals surface area (Å²) in [6.45, 7) is 2.44. The molecular weight excluding hydrogens is 556 g/mol. The molecule has 0 fully saturated rings. The van der Waals surface area contributed by atoms with Gasteiger partial charge in [-0.15, -0.1) is 0 Å². The van der Waals surface area contributed by atoms with Gasteiger partial charge in [0.05, 0.1) is 37.4 Å². The second-order valence-corrected chi connectivity index (χ2v) is 11.1. The Morgan fingerprint density at radius 1 is 0.795 bits per heavy atom. The first-order valence-electron chi connectivity index (χ1n) is 14.4. The summed E-state index contributed by atoms with van der Waals surface area (Å²) < 4.78 is 17.0. The molecular formula is C36H30N2O6. The van der Waals surface area contributed by atoms with Crippen LogP contribution in [0.1, 0.15) is 38.4 Å². The van der Waals surface area contributed by atoms with Crippen molar-refractivity contribution < 1.29 is 23.5 Å². The van der Waals surface area contributed by atoms with Gasteiger partial charge >= 0.3 is 0 Å². The number of fused-ring (bicyclic) bond motifs is 5. The van der Waals surface area contributed by atoms with Gasteiger partial charge in [-0.05, 0) is 54.8 Å². The Morgan fingerprint density at radius 2 is 1.50 bits per heavy atom. The van der Waals surface area contributed by atoms with Gasteiger partial charge in [0.2, 0.25) is 5.76 Å². The molecule has 44 heavy (non-hydrogen) atoms. The molecule has 8 nitrogen and oxygen atoms in total. The zero-order valence-corrected chi connectivity index (χ0v) is 24.6. The zero-order valence-electron chi connectivity index (χ0n) is 24.6. The maximum atomic E-state index is 15.0. The van der Waals surface area contributed by atoms with Crippen LogP contribution in [0.4, 0.5) is 5.69 Å². The van der Waals surface area contributed by atoms with Crippen LogP contribution in [-0.2, 0) is 23.3 Å². The molecule has 3 heterocycles. The van der Waals surface area contributed by atoms with E-state index in [1.807, 2.05) is 73.7 Å². The second-order valence-electron chi connectivity index (χ2n) is 11.1. The lowest BCUT2D eigenvalue weighted by atomic mass is 9.83. The average Bonchev–Trinajstić information content (AvgIpc) is 3.44. The lowest BCUT2D eigenvalue weighted by Gasteiger charge is -2.34. The van der Waals surface area contributed by atoms with Crippen LogP contribution < -0.4 is 19.8 Å². The standard InChI is InChI=1S/C36H30N2O6/c1-22-12-14-24(15-13-22)21-37-27-10-6-5-9-26(27)36(35(37)41)31-32(39)25-8-4-7-11-28(25)44-33(31)34(40)38(36)19-18-23-16-17-29(42-2)30(20-23)43-3/h4-17,20H,18-19,21H2,1-3H3. The quantitative estimate of drug-likeness (QED) is 0.246. The molecule has 2 aliphatic rings. The maximum Gasteiger partial charge on any atom is 0.291 e. The third kappa shape index (κ3) is 3.94. The van der Waals surface area contributed by atoms with Gasteiger partial charge in [-0.2, -0.15) is 0 Å². The van der Waals surface area contributed by atoms with Crippen molar-refractivity contribution in [2.45, 2.75) is 25.4 Å². The van der Waals surface area contributed by atoms with E-state index in [0.717, 1.165) is 16.7 Å². The average molecular weight is 587 g/mol. The van der Waals surface area contributed by atoms with Gasteiger partial charge in [-0.25, -0.2) is 0 Å². The number of para-hydroxylation sites is 2. The van der Waals surface area contributed by atoms with E-state index in [4.69, 9.17) is 13.9 Å². The van der Waals surface area contributed by atoms with E-state index in [1.165, 1.54) is 4.90 Å². The minimum absolute atomic E-state index is 0.0670. The normalized spacial score (nSPS) is 17.0. The fourth-order valence-electron chi connectivity index (χ4n) is 6.55. The summed E-state index contributed by atoms with van der Waals surface area (Å²) in [6.07, 6.45) is 0.392. The monoisotopic (exact) mass is 586 g/mol. The number of hydrogen-bond acceptors (Lipinski definition) is 6. The molecule has 1 atom stereocenters. The lowest BCUT2D eigenvalue weighted by molar-refractivity contribution is -0.126. The summed E-state index contributed by atoms with van der Waals surface area (Å²) in [6, 6.07) is 27.8. The Kier molecular flexibility index (Phi) is 6.50. The molecule has 1 unspecified atom stereocenters. The highest BCUT2D eigenvalue weighted by Crippen LogP contribution is 2.53. The summed E-state index contributed by atoms with van der Waals surface area (Å²) >= 11 is 0. The molecule has 1 spiro atoms. The third-order valence-electron chi connectivity index (χ3n) is 8.68. The fourth-order valence-corrected chi connectivity index (χ4v) is 6.55. The second kappa shape index (κ2) is 10.4. The van der Waals surface area contributed by atoms with E-state index in [0.29, 0.717) is 40.1 Å². The van der Waals surface area contributed by atoms with E-state index in [2.05, 4.69) is 0 Å². The van der Waals surface area contributed by atoms with Crippen molar-refractivity contribution >= 4 is 28.5 Å². The smallest absolute Gasteiger partial charge is 0.291 e. The number of methoxy groups -OCH3 is 2. The zero-order chi connectivity index (χ0) is 30.6. The van der Waals surface area contributed by atoms with Crippen LogP contribution in [0.5, 0.6) is 11.5 Å². The number of ether oxygens (including phenoxy) is 2. The number of anilines is 1. The van der Waals surface area contributed by atoms with Gasteiger partial charge in [0.15, 0.2) is 22.5 Å². The van der Waals surface area contributed by atoms with Crippen LogP contribution in [-0.4, -0.2) is 37.5 Å². The molecule has 0 aliphatic carbocycles. The summed E-state index contributed by atoms with van der Waals surface area (Å²) in [5.41, 5.74) is 2.46. The van der Waals surface area contributed by atoms with Crippen molar-refractivity contribution in [1.82, 2.24) is 4.90 Å². The minimum Gasteiger partial charge on any atom is -0.493 e. The van der Waals surface area contributed by atoms with Crippen molar-refractivity contribution in [1.29, 1.82) is 0 Å². The van der Waals surface area contributed by atoms with Gasteiger partial charge in [0.1, 0.15) is 5.58 Å². The van der Waals surface area contributed by atoms with Crippen LogP contribution in [0.15, 0.2) is 100 Å². The van der Waals surface area contributed by atoms with E-state index in [1.54, 1.807) is 43.4 Å². The summed E-state index contributed by atoms with van der Waals surface area (Å²) in [5.74, 6) is 0.196. The molecule has 0 bridgehead atoms. The van der Waals surface area contributed by atoms with Gasteiger partial charge < -0.3 is 23.7 Å². The van der Waals surface area contributed by atoms with E-state index in [9.17, 15) is 14.4 Å². The fraction of sp³-hybridized carbons (Fsp3) is 0.194. The molecule has 0 saturated carbocycles. The molecule has 0 N–H and O–H groups in total. The molecule has 220 valence electrons. The van der Waals surface area contributed by atoms with Gasteiger partial charge in [0.25, 0.3) is 11.8 Å². The largest absolute Gasteiger partial charge is 0.493 e. The molecule has 1 aromatic heterocycles. The maximum absolute atomic E-state index is 15.0. The first-order chi connectivity index (χ1) is 21.4. The number of rotatable bonds is 7. The van der Waals surface area contributed by atoms with Crippen LogP contribution in [0.3, 0.4) is 0 Å². The number of carbonyl (C=O) groups excluding carboxylic acids is 2. The number of hydrogen-bond donors (Lipinski definition) is 0. The first-order valence-corrected chi connectivity index (χ1v) is 14.4.